The molecular weight excluding hydrogens is 312 g/mol. The van der Waals surface area contributed by atoms with Gasteiger partial charge in [0.1, 0.15) is 0 Å². The van der Waals surface area contributed by atoms with Gasteiger partial charge in [0, 0.05) is 19.5 Å². The molecular formula is C10H14IZn-. The van der Waals surface area contributed by atoms with Gasteiger partial charge in [0.15, 0.2) is 0 Å². The van der Waals surface area contributed by atoms with Gasteiger partial charge in [-0.15, -0.1) is 29.4 Å². The first-order valence-corrected chi connectivity index (χ1v) is 3.51. The number of rotatable bonds is 1. The van der Waals surface area contributed by atoms with E-state index in [0.29, 0.717) is 0 Å². The van der Waals surface area contributed by atoms with Crippen molar-refractivity contribution in [3.63, 3.8) is 0 Å². The summed E-state index contributed by atoms with van der Waals surface area (Å²) in [5, 5.41) is 0. The normalized spacial score (nSPS) is 9.58. The molecule has 1 rings (SSSR count). The minimum atomic E-state index is 0. The van der Waals surface area contributed by atoms with Gasteiger partial charge >= 0.3 is 0 Å². The van der Waals surface area contributed by atoms with E-state index in [4.69, 9.17) is 0 Å². The minimum Gasteiger partial charge on any atom is -0.333 e. The minimum absolute atomic E-state index is 0. The van der Waals surface area contributed by atoms with Crippen LogP contribution in [0.1, 0.15) is 19.4 Å². The van der Waals surface area contributed by atoms with E-state index < -0.39 is 0 Å². The second-order valence-electron chi connectivity index (χ2n) is 3.25. The Morgan fingerprint density at radius 2 is 1.50 bits per heavy atom. The molecule has 2 heteroatoms. The fourth-order valence-corrected chi connectivity index (χ4v) is 0.889. The summed E-state index contributed by atoms with van der Waals surface area (Å²) in [5.41, 5.74) is 1.33. The fraction of sp³-hybridized carbons (Fsp3) is 0.300. The first-order chi connectivity index (χ1) is 4.61. The largest absolute Gasteiger partial charge is 0.333 e. The van der Waals surface area contributed by atoms with E-state index >= 15 is 0 Å². The summed E-state index contributed by atoms with van der Waals surface area (Å²) in [7, 11) is 0. The Balaban J connectivity index is 0. The summed E-state index contributed by atoms with van der Waals surface area (Å²) in [4.78, 5) is 0. The fourth-order valence-electron chi connectivity index (χ4n) is 0.889. The van der Waals surface area contributed by atoms with Crippen molar-refractivity contribution in [2.24, 2.45) is 0 Å². The Morgan fingerprint density at radius 1 is 1.08 bits per heavy atom. The van der Waals surface area contributed by atoms with Crippen molar-refractivity contribution in [2.75, 3.05) is 0 Å². The molecule has 0 saturated carbocycles. The number of halogens is 1. The summed E-state index contributed by atoms with van der Waals surface area (Å²) >= 11 is 0. The molecule has 12 heavy (non-hydrogen) atoms. The molecule has 0 bridgehead atoms. The predicted octanol–water partition coefficient (Wildman–Crippen LogP) is 3.41. The molecule has 1 aromatic rings. The van der Waals surface area contributed by atoms with Gasteiger partial charge < -0.3 is 6.92 Å². The third-order valence-corrected chi connectivity index (χ3v) is 1.56. The van der Waals surface area contributed by atoms with Crippen LogP contribution in [0.2, 0.25) is 0 Å². The molecule has 0 heterocycles. The van der Waals surface area contributed by atoms with Crippen LogP contribution in [-0.2, 0) is 24.9 Å². The van der Waals surface area contributed by atoms with Crippen LogP contribution in [0, 0.1) is 6.92 Å². The molecule has 64 valence electrons. The van der Waals surface area contributed by atoms with E-state index in [-0.39, 0.29) is 48.9 Å². The maximum absolute atomic E-state index is 4.04. The van der Waals surface area contributed by atoms with Crippen molar-refractivity contribution in [3.8, 4) is 0 Å². The van der Waals surface area contributed by atoms with Gasteiger partial charge in [-0.3, -0.25) is 0 Å². The molecule has 0 nitrogen and oxygen atoms in total. The smallest absolute Gasteiger partial charge is 0 e. The van der Waals surface area contributed by atoms with Crippen molar-refractivity contribution in [1.82, 2.24) is 0 Å². The maximum Gasteiger partial charge on any atom is 0 e. The average Bonchev–Trinajstić information content (AvgIpc) is 1.88. The van der Waals surface area contributed by atoms with Crippen molar-refractivity contribution >= 4 is 24.0 Å². The van der Waals surface area contributed by atoms with Gasteiger partial charge in [-0.1, -0.05) is 49.7 Å². The van der Waals surface area contributed by atoms with Crippen molar-refractivity contribution < 1.29 is 19.5 Å². The van der Waals surface area contributed by atoms with Gasteiger partial charge in [0.2, 0.25) is 0 Å². The van der Waals surface area contributed by atoms with Crippen LogP contribution in [0.3, 0.4) is 0 Å². The zero-order valence-electron chi connectivity index (χ0n) is 7.71. The van der Waals surface area contributed by atoms with E-state index in [9.17, 15) is 0 Å². The van der Waals surface area contributed by atoms with Crippen LogP contribution in [0.4, 0.5) is 0 Å². The Kier molecular flexibility index (Phi) is 7.65. The molecule has 0 amide bonds. The first kappa shape index (κ1) is 15.1. The summed E-state index contributed by atoms with van der Waals surface area (Å²) in [6.07, 6.45) is 0. The standard InChI is InChI=1S/C10H13.HI.Zn/c1-10(2,3)9-7-5-4-6-8-9;;/h4-8H,1H2,2-3H3;1H;/q-1;;. The van der Waals surface area contributed by atoms with Gasteiger partial charge in [-0.05, 0) is 0 Å². The first-order valence-electron chi connectivity index (χ1n) is 3.51. The molecule has 0 atom stereocenters. The topological polar surface area (TPSA) is 0 Å². The molecule has 0 N–H and O–H groups in total. The molecule has 0 aromatic heterocycles. The zero-order valence-corrected chi connectivity index (χ0v) is 13.0. The molecule has 0 radical (unpaired) electrons. The average molecular weight is 327 g/mol. The summed E-state index contributed by atoms with van der Waals surface area (Å²) < 4.78 is 0. The number of hydrogen-bond acceptors (Lipinski definition) is 0. The van der Waals surface area contributed by atoms with E-state index in [1.54, 1.807) is 0 Å². The monoisotopic (exact) mass is 325 g/mol. The molecule has 0 aliphatic rings. The van der Waals surface area contributed by atoms with E-state index in [1.807, 2.05) is 18.2 Å². The Morgan fingerprint density at radius 3 is 1.75 bits per heavy atom. The van der Waals surface area contributed by atoms with Crippen LogP contribution in [0.5, 0.6) is 0 Å². The molecule has 0 unspecified atom stereocenters. The molecule has 0 aliphatic carbocycles. The van der Waals surface area contributed by atoms with Crippen molar-refractivity contribution in [2.45, 2.75) is 19.3 Å². The Labute approximate surface area is 105 Å². The van der Waals surface area contributed by atoms with Gasteiger partial charge in [-0.25, -0.2) is 0 Å². The van der Waals surface area contributed by atoms with Crippen LogP contribution in [0.15, 0.2) is 30.3 Å². The second-order valence-corrected chi connectivity index (χ2v) is 3.25. The third kappa shape index (κ3) is 4.56. The number of benzene rings is 1. The van der Waals surface area contributed by atoms with Crippen LogP contribution < -0.4 is 0 Å². The van der Waals surface area contributed by atoms with E-state index in [2.05, 4.69) is 32.9 Å². The van der Waals surface area contributed by atoms with Gasteiger partial charge in [-0.2, -0.15) is 0 Å². The zero-order chi connectivity index (χ0) is 7.61. The van der Waals surface area contributed by atoms with E-state index in [0.717, 1.165) is 0 Å². The molecule has 1 aromatic carbocycles. The Bertz CT molecular complexity index is 201. The van der Waals surface area contributed by atoms with Crippen molar-refractivity contribution in [1.29, 1.82) is 0 Å². The Hall–Kier alpha value is 0.573. The summed E-state index contributed by atoms with van der Waals surface area (Å²) in [6.45, 7) is 8.27. The summed E-state index contributed by atoms with van der Waals surface area (Å²) in [6, 6.07) is 10.3. The quantitative estimate of drug-likeness (QED) is 0.421. The second kappa shape index (κ2) is 6.09. The van der Waals surface area contributed by atoms with E-state index in [1.165, 1.54) is 5.56 Å². The molecule has 0 fully saturated rings. The predicted molar refractivity (Wildman–Crippen MR) is 60.2 cm³/mol. The van der Waals surface area contributed by atoms with Crippen LogP contribution in [0.25, 0.3) is 0 Å². The summed E-state index contributed by atoms with van der Waals surface area (Å²) in [5.74, 6) is 0. The van der Waals surface area contributed by atoms with Crippen LogP contribution >= 0.6 is 24.0 Å². The molecule has 0 saturated heterocycles. The molecule has 0 spiro atoms. The third-order valence-electron chi connectivity index (χ3n) is 1.56. The van der Waals surface area contributed by atoms with Crippen molar-refractivity contribution in [3.05, 3.63) is 42.8 Å². The number of hydrogen-bond donors (Lipinski definition) is 0. The maximum atomic E-state index is 4.04. The molecule has 0 aliphatic heterocycles. The van der Waals surface area contributed by atoms with Gasteiger partial charge in [0.25, 0.3) is 0 Å². The SMILES string of the molecule is I.[CH2-]C(C)(C)c1ccccc1.[Zn]. The van der Waals surface area contributed by atoms with Gasteiger partial charge in [0.05, 0.1) is 0 Å². The van der Waals surface area contributed by atoms with Crippen LogP contribution in [-0.4, -0.2) is 0 Å².